The van der Waals surface area contributed by atoms with Crippen molar-refractivity contribution in [1.82, 2.24) is 0 Å². The second-order valence-corrected chi connectivity index (χ2v) is 4.11. The third-order valence-electron chi connectivity index (χ3n) is 2.51. The van der Waals surface area contributed by atoms with Crippen molar-refractivity contribution in [2.24, 2.45) is 5.92 Å². The van der Waals surface area contributed by atoms with Gasteiger partial charge in [0.25, 0.3) is 0 Å². The predicted octanol–water partition coefficient (Wildman–Crippen LogP) is 2.89. The summed E-state index contributed by atoms with van der Waals surface area (Å²) in [6, 6.07) is 9.43. The quantitative estimate of drug-likeness (QED) is 0.523. The normalized spacial score (nSPS) is 26.5. The van der Waals surface area contributed by atoms with Gasteiger partial charge >= 0.3 is 0 Å². The molecule has 2 heteroatoms. The van der Waals surface area contributed by atoms with Crippen molar-refractivity contribution in [3.05, 3.63) is 35.9 Å². The first kappa shape index (κ1) is 8.76. The molecule has 1 fully saturated rings. The van der Waals surface area contributed by atoms with E-state index in [-0.39, 0.29) is 17.1 Å². The summed E-state index contributed by atoms with van der Waals surface area (Å²) in [6.45, 7) is 0. The van der Waals surface area contributed by atoms with Gasteiger partial charge in [0, 0.05) is 16.9 Å². The number of ketones is 1. The lowest BCUT2D eigenvalue weighted by atomic mass is 9.79. The van der Waals surface area contributed by atoms with Crippen LogP contribution in [0.2, 0.25) is 0 Å². The van der Waals surface area contributed by atoms with Gasteiger partial charge in [-0.3, -0.25) is 4.79 Å². The average Bonchev–Trinajstić information content (AvgIpc) is 2.13. The van der Waals surface area contributed by atoms with Crippen LogP contribution in [0.25, 0.3) is 0 Å². The third kappa shape index (κ3) is 1.75. The Kier molecular flexibility index (Phi) is 2.36. The summed E-state index contributed by atoms with van der Waals surface area (Å²) in [5.41, 5.74) is 0.816. The Morgan fingerprint density at radius 1 is 1.23 bits per heavy atom. The summed E-state index contributed by atoms with van der Waals surface area (Å²) < 4.78 is 0. The minimum absolute atomic E-state index is 0.171. The van der Waals surface area contributed by atoms with Crippen LogP contribution in [0.1, 0.15) is 23.2 Å². The zero-order chi connectivity index (χ0) is 9.26. The second-order valence-electron chi connectivity index (χ2n) is 3.50. The van der Waals surface area contributed by atoms with Gasteiger partial charge in [-0.2, -0.15) is 0 Å². The highest BCUT2D eigenvalue weighted by Crippen LogP contribution is 2.34. The lowest BCUT2D eigenvalue weighted by Gasteiger charge is -2.29. The molecule has 0 aliphatic heterocycles. The Morgan fingerprint density at radius 2 is 1.85 bits per heavy atom. The van der Waals surface area contributed by atoms with Crippen molar-refractivity contribution in [2.45, 2.75) is 18.2 Å². The van der Waals surface area contributed by atoms with Gasteiger partial charge in [-0.25, -0.2) is 0 Å². The second kappa shape index (κ2) is 3.51. The Hall–Kier alpha value is -0.820. The first-order chi connectivity index (χ1) is 6.27. The first-order valence-electron chi connectivity index (χ1n) is 4.50. The summed E-state index contributed by atoms with van der Waals surface area (Å²) in [5, 5.41) is 0.220. The predicted molar refractivity (Wildman–Crippen MR) is 53.1 cm³/mol. The van der Waals surface area contributed by atoms with Crippen molar-refractivity contribution >= 4 is 17.4 Å². The van der Waals surface area contributed by atoms with Gasteiger partial charge in [0.15, 0.2) is 5.78 Å². The van der Waals surface area contributed by atoms with Crippen molar-refractivity contribution < 1.29 is 4.79 Å². The van der Waals surface area contributed by atoms with Gasteiger partial charge in [0.05, 0.1) is 0 Å². The third-order valence-corrected chi connectivity index (χ3v) is 2.87. The molecule has 1 aliphatic rings. The Morgan fingerprint density at radius 3 is 2.38 bits per heavy atom. The van der Waals surface area contributed by atoms with Gasteiger partial charge in [0.1, 0.15) is 0 Å². The summed E-state index contributed by atoms with van der Waals surface area (Å²) in [6.07, 6.45) is 1.69. The van der Waals surface area contributed by atoms with E-state index >= 15 is 0 Å². The molecule has 1 nitrogen and oxygen atoms in total. The molecule has 0 N–H and O–H groups in total. The lowest BCUT2D eigenvalue weighted by molar-refractivity contribution is 0.0859. The monoisotopic (exact) mass is 194 g/mol. The molecule has 13 heavy (non-hydrogen) atoms. The molecule has 0 saturated heterocycles. The van der Waals surface area contributed by atoms with E-state index in [0.717, 1.165) is 18.4 Å². The standard InChI is InChI=1S/C11H11ClO/c12-10-6-9(7-10)11(13)8-4-2-1-3-5-8/h1-5,9-10H,6-7H2. The van der Waals surface area contributed by atoms with Crippen molar-refractivity contribution in [1.29, 1.82) is 0 Å². The number of carbonyl (C=O) groups excluding carboxylic acids is 1. The maximum absolute atomic E-state index is 11.7. The van der Waals surface area contributed by atoms with E-state index in [0.29, 0.717) is 0 Å². The fourth-order valence-corrected chi connectivity index (χ4v) is 2.03. The van der Waals surface area contributed by atoms with Crippen LogP contribution < -0.4 is 0 Å². The van der Waals surface area contributed by atoms with Crippen molar-refractivity contribution in [3.8, 4) is 0 Å². The number of carbonyl (C=O) groups is 1. The van der Waals surface area contributed by atoms with E-state index in [1.165, 1.54) is 0 Å². The summed E-state index contributed by atoms with van der Waals surface area (Å²) in [5.74, 6) is 0.419. The molecule has 0 aromatic heterocycles. The number of rotatable bonds is 2. The van der Waals surface area contributed by atoms with Crippen LogP contribution in [-0.2, 0) is 0 Å². The molecule has 0 amide bonds. The summed E-state index contributed by atoms with van der Waals surface area (Å²) >= 11 is 5.82. The highest BCUT2D eigenvalue weighted by atomic mass is 35.5. The van der Waals surface area contributed by atoms with E-state index in [1.807, 2.05) is 30.3 Å². The molecule has 0 spiro atoms. The zero-order valence-corrected chi connectivity index (χ0v) is 8.00. The molecular formula is C11H11ClO. The number of halogens is 1. The average molecular weight is 195 g/mol. The summed E-state index contributed by atoms with van der Waals surface area (Å²) in [7, 11) is 0. The minimum Gasteiger partial charge on any atom is -0.294 e. The van der Waals surface area contributed by atoms with E-state index in [9.17, 15) is 4.79 Å². The van der Waals surface area contributed by atoms with Crippen LogP contribution in [0, 0.1) is 5.92 Å². The minimum atomic E-state index is 0.171. The van der Waals surface area contributed by atoms with Crippen LogP contribution in [0.15, 0.2) is 30.3 Å². The Balaban J connectivity index is 2.06. The fraction of sp³-hybridized carbons (Fsp3) is 0.364. The van der Waals surface area contributed by atoms with E-state index in [1.54, 1.807) is 0 Å². The van der Waals surface area contributed by atoms with Crippen molar-refractivity contribution in [2.75, 3.05) is 0 Å². The molecule has 0 radical (unpaired) electrons. The molecule has 0 bridgehead atoms. The SMILES string of the molecule is O=C(c1ccccc1)C1CC(Cl)C1. The summed E-state index contributed by atoms with van der Waals surface area (Å²) in [4.78, 5) is 11.7. The molecular weight excluding hydrogens is 184 g/mol. The molecule has 1 aliphatic carbocycles. The van der Waals surface area contributed by atoms with Crippen LogP contribution in [0.5, 0.6) is 0 Å². The maximum atomic E-state index is 11.7. The van der Waals surface area contributed by atoms with Gasteiger partial charge < -0.3 is 0 Å². The van der Waals surface area contributed by atoms with E-state index < -0.39 is 0 Å². The van der Waals surface area contributed by atoms with E-state index in [2.05, 4.69) is 0 Å². The Bertz CT molecular complexity index is 301. The molecule has 0 atom stereocenters. The van der Waals surface area contributed by atoms with Crippen LogP contribution in [0.4, 0.5) is 0 Å². The van der Waals surface area contributed by atoms with Gasteiger partial charge in [-0.05, 0) is 12.8 Å². The fourth-order valence-electron chi connectivity index (χ4n) is 1.60. The van der Waals surface area contributed by atoms with Gasteiger partial charge in [-0.15, -0.1) is 11.6 Å². The zero-order valence-electron chi connectivity index (χ0n) is 7.24. The molecule has 1 aromatic rings. The molecule has 0 heterocycles. The van der Waals surface area contributed by atoms with Crippen LogP contribution in [0.3, 0.4) is 0 Å². The largest absolute Gasteiger partial charge is 0.294 e. The van der Waals surface area contributed by atoms with Gasteiger partial charge in [-0.1, -0.05) is 30.3 Å². The molecule has 2 rings (SSSR count). The molecule has 1 saturated carbocycles. The topological polar surface area (TPSA) is 17.1 Å². The van der Waals surface area contributed by atoms with Crippen LogP contribution >= 0.6 is 11.6 Å². The van der Waals surface area contributed by atoms with Crippen molar-refractivity contribution in [3.63, 3.8) is 0 Å². The smallest absolute Gasteiger partial charge is 0.166 e. The number of hydrogen-bond acceptors (Lipinski definition) is 1. The number of Topliss-reactive ketones (excluding diaryl/α,β-unsaturated/α-hetero) is 1. The highest BCUT2D eigenvalue weighted by molar-refractivity contribution is 6.21. The number of alkyl halides is 1. The maximum Gasteiger partial charge on any atom is 0.166 e. The number of hydrogen-bond donors (Lipinski definition) is 0. The van der Waals surface area contributed by atoms with Crippen LogP contribution in [-0.4, -0.2) is 11.2 Å². The Labute approximate surface area is 82.7 Å². The first-order valence-corrected chi connectivity index (χ1v) is 4.94. The highest BCUT2D eigenvalue weighted by Gasteiger charge is 2.33. The molecule has 68 valence electrons. The van der Waals surface area contributed by atoms with Gasteiger partial charge in [0.2, 0.25) is 0 Å². The van der Waals surface area contributed by atoms with E-state index in [4.69, 9.17) is 11.6 Å². The lowest BCUT2D eigenvalue weighted by Crippen LogP contribution is -2.30. The molecule has 1 aromatic carbocycles. The molecule has 0 unspecified atom stereocenters. The number of benzene rings is 1.